The molecule has 266 valence electrons. The quantitative estimate of drug-likeness (QED) is 0.251. The van der Waals surface area contributed by atoms with Crippen molar-refractivity contribution in [2.75, 3.05) is 44.0 Å². The maximum Gasteiger partial charge on any atom is 0.323 e. The van der Waals surface area contributed by atoms with Crippen molar-refractivity contribution in [1.29, 1.82) is 0 Å². The van der Waals surface area contributed by atoms with Gasteiger partial charge >= 0.3 is 6.03 Å². The van der Waals surface area contributed by atoms with Gasteiger partial charge in [-0.25, -0.2) is 17.6 Å². The first-order valence-corrected chi connectivity index (χ1v) is 18.0. The number of carbonyl (C=O) groups excluding carboxylic acids is 2. The van der Waals surface area contributed by atoms with E-state index in [0.29, 0.717) is 41.6 Å². The molecular formula is C35H44ClFN4O7S. The van der Waals surface area contributed by atoms with E-state index in [-0.39, 0.29) is 42.2 Å². The molecule has 3 N–H and O–H groups in total. The molecule has 1 aliphatic heterocycles. The molecule has 0 unspecified atom stereocenters. The van der Waals surface area contributed by atoms with Crippen molar-refractivity contribution >= 4 is 44.9 Å². The van der Waals surface area contributed by atoms with Crippen LogP contribution in [0, 0.1) is 11.7 Å². The number of hydrogen-bond acceptors (Lipinski definition) is 7. The maximum absolute atomic E-state index is 14.3. The molecule has 0 aromatic heterocycles. The number of halogens is 2. The number of fused-ring (bicyclic) bond motifs is 1. The number of aliphatic hydroxyl groups is 1. The minimum Gasteiger partial charge on any atom is -0.490 e. The first-order chi connectivity index (χ1) is 23.3. The largest absolute Gasteiger partial charge is 0.490 e. The number of likely N-dealkylation sites (N-methyl/N-ethyl adjacent to an activating group) is 1. The third kappa shape index (κ3) is 10.4. The summed E-state index contributed by atoms with van der Waals surface area (Å²) in [5.74, 6) is -0.928. The number of benzene rings is 3. The summed E-state index contributed by atoms with van der Waals surface area (Å²) < 4.78 is 53.9. The summed E-state index contributed by atoms with van der Waals surface area (Å²) in [5, 5.41) is 16.0. The van der Waals surface area contributed by atoms with E-state index in [1.54, 1.807) is 19.1 Å². The second kappa shape index (κ2) is 17.3. The average Bonchev–Trinajstić information content (AvgIpc) is 3.07. The van der Waals surface area contributed by atoms with E-state index >= 15 is 0 Å². The zero-order chi connectivity index (χ0) is 35.7. The van der Waals surface area contributed by atoms with Crippen LogP contribution in [-0.2, 0) is 14.8 Å². The molecule has 1 heterocycles. The summed E-state index contributed by atoms with van der Waals surface area (Å²) in [6.45, 7) is 5.68. The first kappa shape index (κ1) is 38.1. The molecule has 3 aromatic rings. The maximum atomic E-state index is 14.3. The molecule has 0 spiro atoms. The van der Waals surface area contributed by atoms with E-state index in [9.17, 15) is 27.5 Å². The van der Waals surface area contributed by atoms with Gasteiger partial charge in [-0.3, -0.25) is 4.79 Å². The molecule has 0 bridgehead atoms. The Kier molecular flexibility index (Phi) is 13.4. The highest BCUT2D eigenvalue weighted by Gasteiger charge is 2.32. The van der Waals surface area contributed by atoms with Gasteiger partial charge in [0, 0.05) is 49.1 Å². The standard InChI is InChI=1S/C35H44ClFN4O7S/c1-23-20-41(24(2)22-42)34(43)31-19-29(39-35(44)38-28-12-10-27(37)11-13-28)14-17-32(31)48-25(3)7-5-6-18-47-33(23)21-40(4)49(45,46)30-15-8-26(36)9-16-30/h8-17,19,23-25,33,42H,5-7,18,20-22H2,1-4H3,(H2,38,39,44)/t23-,24+,25+,33-/m1/s1. The van der Waals surface area contributed by atoms with E-state index < -0.39 is 39.9 Å². The number of anilines is 2. The fraction of sp³-hybridized carbons (Fsp3) is 0.429. The highest BCUT2D eigenvalue weighted by Crippen LogP contribution is 2.29. The van der Waals surface area contributed by atoms with Gasteiger partial charge in [-0.2, -0.15) is 4.31 Å². The molecule has 0 radical (unpaired) electrons. The van der Waals surface area contributed by atoms with Crippen LogP contribution in [0.4, 0.5) is 20.6 Å². The number of urea groups is 1. The number of ether oxygens (including phenoxy) is 2. The van der Waals surface area contributed by atoms with Crippen molar-refractivity contribution in [2.45, 2.75) is 63.2 Å². The Morgan fingerprint density at radius 1 is 1.06 bits per heavy atom. The Bertz CT molecular complexity index is 1680. The Labute approximate surface area is 292 Å². The van der Waals surface area contributed by atoms with Crippen molar-refractivity contribution in [1.82, 2.24) is 9.21 Å². The lowest BCUT2D eigenvalue weighted by molar-refractivity contribution is -0.00833. The molecule has 14 heteroatoms. The van der Waals surface area contributed by atoms with Crippen LogP contribution in [0.15, 0.2) is 71.6 Å². The smallest absolute Gasteiger partial charge is 0.323 e. The number of hydrogen-bond donors (Lipinski definition) is 3. The van der Waals surface area contributed by atoms with E-state index in [2.05, 4.69) is 10.6 Å². The molecule has 0 saturated heterocycles. The fourth-order valence-corrected chi connectivity index (χ4v) is 6.74. The van der Waals surface area contributed by atoms with Gasteiger partial charge in [0.2, 0.25) is 10.0 Å². The van der Waals surface area contributed by atoms with Crippen LogP contribution in [0.25, 0.3) is 0 Å². The van der Waals surface area contributed by atoms with Crippen LogP contribution in [0.5, 0.6) is 5.75 Å². The Morgan fingerprint density at radius 3 is 2.39 bits per heavy atom. The summed E-state index contributed by atoms with van der Waals surface area (Å²) in [7, 11) is -2.38. The Morgan fingerprint density at radius 2 is 1.71 bits per heavy atom. The van der Waals surface area contributed by atoms with Crippen molar-refractivity contribution in [2.24, 2.45) is 5.92 Å². The van der Waals surface area contributed by atoms with Crippen molar-refractivity contribution in [3.05, 3.63) is 83.1 Å². The minimum absolute atomic E-state index is 0.0228. The molecule has 0 aliphatic carbocycles. The Hall–Kier alpha value is -3.75. The van der Waals surface area contributed by atoms with Gasteiger partial charge in [0.25, 0.3) is 5.91 Å². The van der Waals surface area contributed by atoms with Crippen LogP contribution in [-0.4, -0.2) is 86.3 Å². The second-order valence-electron chi connectivity index (χ2n) is 12.3. The van der Waals surface area contributed by atoms with Gasteiger partial charge in [0.1, 0.15) is 11.6 Å². The minimum atomic E-state index is -3.87. The lowest BCUT2D eigenvalue weighted by Crippen LogP contribution is -2.48. The highest BCUT2D eigenvalue weighted by atomic mass is 35.5. The zero-order valence-corrected chi connectivity index (χ0v) is 29.6. The van der Waals surface area contributed by atoms with Crippen molar-refractivity contribution in [3.63, 3.8) is 0 Å². The number of nitrogens with zero attached hydrogens (tertiary/aromatic N) is 2. The predicted molar refractivity (Wildman–Crippen MR) is 187 cm³/mol. The van der Waals surface area contributed by atoms with Gasteiger partial charge in [0.05, 0.1) is 35.3 Å². The molecule has 0 fully saturated rings. The number of nitrogens with one attached hydrogen (secondary N) is 2. The summed E-state index contributed by atoms with van der Waals surface area (Å²) in [6.07, 6.45) is 1.29. The SMILES string of the molecule is C[C@@H]1CN([C@@H](C)CO)C(=O)c2cc(NC(=O)Nc3ccc(F)cc3)ccc2O[C@@H](C)CCCCO[C@@H]1CN(C)S(=O)(=O)c1ccc(Cl)cc1. The number of rotatable bonds is 8. The van der Waals surface area contributed by atoms with Crippen LogP contribution >= 0.6 is 11.6 Å². The summed E-state index contributed by atoms with van der Waals surface area (Å²) >= 11 is 5.98. The lowest BCUT2D eigenvalue weighted by atomic mass is 10.0. The van der Waals surface area contributed by atoms with Gasteiger partial charge in [-0.15, -0.1) is 0 Å². The number of carbonyl (C=O) groups is 2. The Balaban J connectivity index is 1.62. The topological polar surface area (TPSA) is 138 Å². The van der Waals surface area contributed by atoms with Gasteiger partial charge in [0.15, 0.2) is 0 Å². The van der Waals surface area contributed by atoms with Gasteiger partial charge in [-0.05, 0) is 99.8 Å². The molecule has 3 aromatic carbocycles. The van der Waals surface area contributed by atoms with E-state index in [1.165, 1.54) is 70.9 Å². The average molecular weight is 719 g/mol. The lowest BCUT2D eigenvalue weighted by Gasteiger charge is -2.35. The molecule has 3 amide bonds. The van der Waals surface area contributed by atoms with Gasteiger partial charge in [-0.1, -0.05) is 18.5 Å². The third-order valence-corrected chi connectivity index (χ3v) is 10.5. The van der Waals surface area contributed by atoms with Crippen LogP contribution in [0.1, 0.15) is 50.4 Å². The first-order valence-electron chi connectivity index (χ1n) is 16.2. The van der Waals surface area contributed by atoms with E-state index in [1.807, 2.05) is 13.8 Å². The number of aliphatic hydroxyl groups excluding tert-OH is 1. The van der Waals surface area contributed by atoms with Crippen LogP contribution in [0.3, 0.4) is 0 Å². The number of amides is 3. The van der Waals surface area contributed by atoms with Crippen LogP contribution in [0.2, 0.25) is 5.02 Å². The molecule has 1 aliphatic rings. The third-order valence-electron chi connectivity index (χ3n) is 8.37. The van der Waals surface area contributed by atoms with Crippen molar-refractivity contribution < 1.29 is 37.0 Å². The van der Waals surface area contributed by atoms with Gasteiger partial charge < -0.3 is 30.1 Å². The molecule has 4 atom stereocenters. The van der Waals surface area contributed by atoms with E-state index in [0.717, 1.165) is 6.42 Å². The summed E-state index contributed by atoms with van der Waals surface area (Å²) in [4.78, 5) is 28.7. The molecule has 11 nitrogen and oxygen atoms in total. The second-order valence-corrected chi connectivity index (χ2v) is 14.8. The number of sulfonamides is 1. The summed E-state index contributed by atoms with van der Waals surface area (Å²) in [5.41, 5.74) is 0.866. The molecule has 0 saturated carbocycles. The van der Waals surface area contributed by atoms with Crippen LogP contribution < -0.4 is 15.4 Å². The van der Waals surface area contributed by atoms with Crippen molar-refractivity contribution in [3.8, 4) is 5.75 Å². The highest BCUT2D eigenvalue weighted by molar-refractivity contribution is 7.89. The zero-order valence-electron chi connectivity index (χ0n) is 28.1. The summed E-state index contributed by atoms with van der Waals surface area (Å²) in [6, 6.07) is 14.8. The monoisotopic (exact) mass is 718 g/mol. The predicted octanol–water partition coefficient (Wildman–Crippen LogP) is 6.24. The molecule has 49 heavy (non-hydrogen) atoms. The normalized spacial score (nSPS) is 20.1. The molecular weight excluding hydrogens is 675 g/mol. The fourth-order valence-electron chi connectivity index (χ4n) is 5.43. The van der Waals surface area contributed by atoms with E-state index in [4.69, 9.17) is 21.1 Å². The molecule has 4 rings (SSSR count).